The van der Waals surface area contributed by atoms with Crippen LogP contribution in [0.25, 0.3) is 11.0 Å². The van der Waals surface area contributed by atoms with Crippen molar-refractivity contribution in [1.29, 1.82) is 0 Å². The molecule has 20 heavy (non-hydrogen) atoms. The van der Waals surface area contributed by atoms with Gasteiger partial charge >= 0.3 is 0 Å². The Bertz CT molecular complexity index is 787. The molecule has 0 spiro atoms. The molecule has 0 saturated heterocycles. The average molecular weight is 355 g/mol. The van der Waals surface area contributed by atoms with Crippen molar-refractivity contribution in [3.05, 3.63) is 69.1 Å². The Morgan fingerprint density at radius 1 is 1.15 bits per heavy atom. The molecule has 5 heteroatoms. The molecule has 1 heterocycles. The molecule has 102 valence electrons. The zero-order chi connectivity index (χ0) is 14.3. The molecule has 0 bridgehead atoms. The molecule has 2 N–H and O–H groups in total. The lowest BCUT2D eigenvalue weighted by Crippen LogP contribution is -2.11. The van der Waals surface area contributed by atoms with Gasteiger partial charge in [-0.1, -0.05) is 33.6 Å². The fraction of sp³-hybridized carbons (Fsp3) is 0.0667. The van der Waals surface area contributed by atoms with E-state index in [0.29, 0.717) is 15.3 Å². The summed E-state index contributed by atoms with van der Waals surface area (Å²) in [5.74, 6) is 0.291. The van der Waals surface area contributed by atoms with Gasteiger partial charge in [0.15, 0.2) is 0 Å². The largest absolute Gasteiger partial charge is 0.459 e. The first-order valence-corrected chi connectivity index (χ1v) is 7.11. The van der Waals surface area contributed by atoms with Crippen LogP contribution in [-0.4, -0.2) is 0 Å². The highest BCUT2D eigenvalue weighted by Crippen LogP contribution is 2.31. The van der Waals surface area contributed by atoms with Crippen LogP contribution >= 0.6 is 27.5 Å². The molecule has 3 aromatic rings. The van der Waals surface area contributed by atoms with Crippen LogP contribution in [0, 0.1) is 5.82 Å². The highest BCUT2D eigenvalue weighted by Gasteiger charge is 2.17. The minimum absolute atomic E-state index is 0.316. The van der Waals surface area contributed by atoms with Crippen molar-refractivity contribution >= 4 is 38.5 Å². The number of hydrogen-bond donors (Lipinski definition) is 1. The third-order valence-corrected chi connectivity index (χ3v) is 4.02. The van der Waals surface area contributed by atoms with Gasteiger partial charge in [0.1, 0.15) is 17.2 Å². The maximum Gasteiger partial charge on any atom is 0.134 e. The van der Waals surface area contributed by atoms with Gasteiger partial charge in [0.2, 0.25) is 0 Å². The Morgan fingerprint density at radius 3 is 2.70 bits per heavy atom. The van der Waals surface area contributed by atoms with Gasteiger partial charge in [-0.2, -0.15) is 0 Å². The van der Waals surface area contributed by atoms with Crippen molar-refractivity contribution in [2.24, 2.45) is 5.73 Å². The van der Waals surface area contributed by atoms with Crippen LogP contribution in [0.2, 0.25) is 5.02 Å². The van der Waals surface area contributed by atoms with Crippen molar-refractivity contribution in [1.82, 2.24) is 0 Å². The molecule has 0 saturated carbocycles. The first-order chi connectivity index (χ1) is 9.54. The highest BCUT2D eigenvalue weighted by molar-refractivity contribution is 9.10. The average Bonchev–Trinajstić information content (AvgIpc) is 2.81. The summed E-state index contributed by atoms with van der Waals surface area (Å²) in [6, 6.07) is 11.1. The number of hydrogen-bond acceptors (Lipinski definition) is 2. The van der Waals surface area contributed by atoms with Crippen molar-refractivity contribution in [3.8, 4) is 0 Å². The van der Waals surface area contributed by atoms with Crippen molar-refractivity contribution in [2.45, 2.75) is 6.04 Å². The SMILES string of the molecule is NC(c1cc2cc(Cl)ccc2o1)c1ccc(F)cc1Br. The molecule has 0 amide bonds. The normalized spacial score (nSPS) is 12.8. The molecule has 2 nitrogen and oxygen atoms in total. The minimum Gasteiger partial charge on any atom is -0.459 e. The first kappa shape index (κ1) is 13.6. The zero-order valence-electron chi connectivity index (χ0n) is 10.2. The fourth-order valence-corrected chi connectivity index (χ4v) is 2.87. The second kappa shape index (κ2) is 5.20. The standard InChI is InChI=1S/C15H10BrClFNO/c16-12-7-10(18)2-3-11(12)15(19)14-6-8-5-9(17)1-4-13(8)20-14/h1-7,15H,19H2. The number of halogens is 3. The van der Waals surface area contributed by atoms with Gasteiger partial charge in [-0.25, -0.2) is 4.39 Å². The summed E-state index contributed by atoms with van der Waals surface area (Å²) in [4.78, 5) is 0. The number of benzene rings is 2. The van der Waals surface area contributed by atoms with E-state index in [0.717, 1.165) is 16.5 Å². The number of nitrogens with two attached hydrogens (primary N) is 1. The molecular formula is C15H10BrClFNO. The summed E-state index contributed by atoms with van der Waals surface area (Å²) in [7, 11) is 0. The van der Waals surface area contributed by atoms with E-state index in [9.17, 15) is 4.39 Å². The van der Waals surface area contributed by atoms with Crippen LogP contribution in [0.3, 0.4) is 0 Å². The van der Waals surface area contributed by atoms with Gasteiger partial charge < -0.3 is 10.2 Å². The Morgan fingerprint density at radius 2 is 1.95 bits per heavy atom. The number of furan rings is 1. The van der Waals surface area contributed by atoms with Crippen molar-refractivity contribution < 1.29 is 8.81 Å². The fourth-order valence-electron chi connectivity index (χ4n) is 2.10. The van der Waals surface area contributed by atoms with Gasteiger partial charge in [-0.15, -0.1) is 0 Å². The van der Waals surface area contributed by atoms with Crippen LogP contribution < -0.4 is 5.73 Å². The molecule has 1 aromatic heterocycles. The summed E-state index contributed by atoms with van der Waals surface area (Å²) >= 11 is 9.26. The molecule has 0 aliphatic carbocycles. The Kier molecular flexibility index (Phi) is 3.54. The van der Waals surface area contributed by atoms with E-state index >= 15 is 0 Å². The third-order valence-electron chi connectivity index (χ3n) is 3.10. The van der Waals surface area contributed by atoms with E-state index in [1.807, 2.05) is 12.1 Å². The molecule has 2 aromatic carbocycles. The van der Waals surface area contributed by atoms with E-state index in [4.69, 9.17) is 21.8 Å². The summed E-state index contributed by atoms with van der Waals surface area (Å²) < 4.78 is 19.5. The second-order valence-electron chi connectivity index (χ2n) is 4.47. The van der Waals surface area contributed by atoms with Gasteiger partial charge in [0.25, 0.3) is 0 Å². The lowest BCUT2D eigenvalue weighted by Gasteiger charge is -2.11. The van der Waals surface area contributed by atoms with E-state index < -0.39 is 6.04 Å². The van der Waals surface area contributed by atoms with Gasteiger partial charge in [-0.3, -0.25) is 0 Å². The Balaban J connectivity index is 2.05. The molecule has 1 atom stereocenters. The topological polar surface area (TPSA) is 39.2 Å². The Hall–Kier alpha value is -1.36. The Labute approximate surface area is 128 Å². The quantitative estimate of drug-likeness (QED) is 0.700. The summed E-state index contributed by atoms with van der Waals surface area (Å²) in [6.07, 6.45) is 0. The van der Waals surface area contributed by atoms with Crippen molar-refractivity contribution in [3.63, 3.8) is 0 Å². The maximum absolute atomic E-state index is 13.1. The molecule has 3 rings (SSSR count). The summed E-state index contributed by atoms with van der Waals surface area (Å²) in [5.41, 5.74) is 7.67. The van der Waals surface area contributed by atoms with Gasteiger partial charge in [0, 0.05) is 14.9 Å². The number of rotatable bonds is 2. The van der Waals surface area contributed by atoms with Crippen LogP contribution in [0.1, 0.15) is 17.4 Å². The molecule has 0 fully saturated rings. The predicted molar refractivity (Wildman–Crippen MR) is 81.4 cm³/mol. The van der Waals surface area contributed by atoms with Crippen LogP contribution in [0.15, 0.2) is 51.4 Å². The molecule has 0 aliphatic rings. The highest BCUT2D eigenvalue weighted by atomic mass is 79.9. The van der Waals surface area contributed by atoms with Crippen LogP contribution in [0.4, 0.5) is 4.39 Å². The van der Waals surface area contributed by atoms with E-state index in [1.165, 1.54) is 12.1 Å². The van der Waals surface area contributed by atoms with Crippen molar-refractivity contribution in [2.75, 3.05) is 0 Å². The smallest absolute Gasteiger partial charge is 0.134 e. The molecule has 0 aliphatic heterocycles. The molecular weight excluding hydrogens is 345 g/mol. The minimum atomic E-state index is -0.476. The van der Waals surface area contributed by atoms with E-state index in [-0.39, 0.29) is 5.82 Å². The van der Waals surface area contributed by atoms with Gasteiger partial charge in [0.05, 0.1) is 6.04 Å². The predicted octanol–water partition coefficient (Wildman–Crippen LogP) is 5.04. The number of fused-ring (bicyclic) bond motifs is 1. The van der Waals surface area contributed by atoms with E-state index in [1.54, 1.807) is 18.2 Å². The van der Waals surface area contributed by atoms with E-state index in [2.05, 4.69) is 15.9 Å². The lowest BCUT2D eigenvalue weighted by atomic mass is 10.1. The monoisotopic (exact) mass is 353 g/mol. The molecule has 0 radical (unpaired) electrons. The second-order valence-corrected chi connectivity index (χ2v) is 5.77. The lowest BCUT2D eigenvalue weighted by molar-refractivity contribution is 0.523. The van der Waals surface area contributed by atoms with Crippen LogP contribution in [-0.2, 0) is 0 Å². The third kappa shape index (κ3) is 2.46. The first-order valence-electron chi connectivity index (χ1n) is 5.94. The summed E-state index contributed by atoms with van der Waals surface area (Å²) in [5, 5.41) is 1.53. The van der Waals surface area contributed by atoms with Gasteiger partial charge in [-0.05, 0) is 42.0 Å². The maximum atomic E-state index is 13.1. The molecule has 1 unspecified atom stereocenters. The zero-order valence-corrected chi connectivity index (χ0v) is 12.6. The summed E-state index contributed by atoms with van der Waals surface area (Å²) in [6.45, 7) is 0. The van der Waals surface area contributed by atoms with Crippen LogP contribution in [0.5, 0.6) is 0 Å².